The molecule has 0 bridgehead atoms. The van der Waals surface area contributed by atoms with Crippen molar-refractivity contribution in [1.29, 1.82) is 0 Å². The molecule has 1 unspecified atom stereocenters. The van der Waals surface area contributed by atoms with E-state index < -0.39 is 0 Å². The summed E-state index contributed by atoms with van der Waals surface area (Å²) in [5.41, 5.74) is 11.3. The van der Waals surface area contributed by atoms with Crippen molar-refractivity contribution in [1.82, 2.24) is 10.1 Å². The molecule has 1 fully saturated rings. The predicted molar refractivity (Wildman–Crippen MR) is 51.4 cm³/mol. The van der Waals surface area contributed by atoms with Gasteiger partial charge >= 0.3 is 0 Å². The van der Waals surface area contributed by atoms with Crippen LogP contribution in [-0.2, 0) is 12.0 Å². The minimum absolute atomic E-state index is 0.0402. The van der Waals surface area contributed by atoms with Gasteiger partial charge in [-0.3, -0.25) is 0 Å². The van der Waals surface area contributed by atoms with Gasteiger partial charge in [0.05, 0.1) is 5.54 Å². The van der Waals surface area contributed by atoms with Gasteiger partial charge in [0.15, 0.2) is 5.82 Å². The van der Waals surface area contributed by atoms with E-state index in [9.17, 15) is 0 Å². The fourth-order valence-corrected chi connectivity index (χ4v) is 1.60. The Morgan fingerprint density at radius 2 is 2.29 bits per heavy atom. The van der Waals surface area contributed by atoms with Crippen molar-refractivity contribution in [2.45, 2.75) is 44.2 Å². The van der Waals surface area contributed by atoms with E-state index in [2.05, 4.69) is 10.1 Å². The van der Waals surface area contributed by atoms with Crippen LogP contribution in [0.1, 0.15) is 37.9 Å². The second kappa shape index (κ2) is 3.33. The number of nitrogens with zero attached hydrogens (tertiary/aromatic N) is 2. The molecule has 1 aliphatic carbocycles. The molecule has 0 aliphatic heterocycles. The Morgan fingerprint density at radius 1 is 1.57 bits per heavy atom. The first-order valence-corrected chi connectivity index (χ1v) is 4.98. The maximum atomic E-state index is 6.05. The van der Waals surface area contributed by atoms with Gasteiger partial charge in [0, 0.05) is 12.5 Å². The maximum absolute atomic E-state index is 6.05. The summed E-state index contributed by atoms with van der Waals surface area (Å²) in [5, 5.41) is 3.90. The Balaban J connectivity index is 2.09. The van der Waals surface area contributed by atoms with Crippen molar-refractivity contribution in [3.8, 4) is 0 Å². The predicted octanol–water partition coefficient (Wildman–Crippen LogP) is 0.297. The first-order chi connectivity index (χ1) is 6.60. The second-order valence-corrected chi connectivity index (χ2v) is 4.20. The largest absolute Gasteiger partial charge is 0.339 e. The summed E-state index contributed by atoms with van der Waals surface area (Å²) >= 11 is 0. The van der Waals surface area contributed by atoms with E-state index >= 15 is 0 Å². The second-order valence-electron chi connectivity index (χ2n) is 4.20. The third kappa shape index (κ3) is 1.65. The lowest BCUT2D eigenvalue weighted by Crippen LogP contribution is -2.44. The summed E-state index contributed by atoms with van der Waals surface area (Å²) in [5.74, 6) is 1.23. The molecular weight excluding hydrogens is 180 g/mol. The molecule has 1 aliphatic rings. The van der Waals surface area contributed by atoms with E-state index in [-0.39, 0.29) is 11.6 Å². The summed E-state index contributed by atoms with van der Waals surface area (Å²) in [7, 11) is 0. The number of rotatable bonds is 3. The standard InChI is InChI=1S/C9H16N4O/c1-6(10)5-7-12-8(13-14-7)9(11)3-2-4-9/h6H,2-5,10-11H2,1H3. The lowest BCUT2D eigenvalue weighted by Gasteiger charge is -2.34. The van der Waals surface area contributed by atoms with Crippen LogP contribution in [0.5, 0.6) is 0 Å². The zero-order valence-corrected chi connectivity index (χ0v) is 8.36. The Labute approximate surface area is 82.8 Å². The molecule has 0 spiro atoms. The van der Waals surface area contributed by atoms with E-state index in [0.29, 0.717) is 18.1 Å². The molecule has 5 nitrogen and oxygen atoms in total. The Hall–Kier alpha value is -0.940. The van der Waals surface area contributed by atoms with Gasteiger partial charge in [0.2, 0.25) is 5.89 Å². The normalized spacial score (nSPS) is 21.6. The summed E-state index contributed by atoms with van der Waals surface area (Å²) in [6.07, 6.45) is 3.66. The van der Waals surface area contributed by atoms with Crippen molar-refractivity contribution in [3.63, 3.8) is 0 Å². The van der Waals surface area contributed by atoms with E-state index in [1.54, 1.807) is 0 Å². The van der Waals surface area contributed by atoms with Crippen LogP contribution in [0.4, 0.5) is 0 Å². The molecule has 78 valence electrons. The lowest BCUT2D eigenvalue weighted by atomic mass is 9.77. The average molecular weight is 196 g/mol. The third-order valence-electron chi connectivity index (χ3n) is 2.66. The molecule has 5 heteroatoms. The zero-order chi connectivity index (χ0) is 10.2. The first kappa shape index (κ1) is 9.61. The van der Waals surface area contributed by atoms with E-state index in [1.165, 1.54) is 0 Å². The number of nitrogens with two attached hydrogens (primary N) is 2. The fourth-order valence-electron chi connectivity index (χ4n) is 1.60. The van der Waals surface area contributed by atoms with Crippen LogP contribution >= 0.6 is 0 Å². The molecule has 0 amide bonds. The SMILES string of the molecule is CC(N)Cc1nc(C2(N)CCC2)no1. The van der Waals surface area contributed by atoms with Gasteiger partial charge in [-0.25, -0.2) is 0 Å². The smallest absolute Gasteiger partial charge is 0.228 e. The Bertz CT molecular complexity index is 316. The van der Waals surface area contributed by atoms with Crippen molar-refractivity contribution < 1.29 is 4.52 Å². The topological polar surface area (TPSA) is 91.0 Å². The van der Waals surface area contributed by atoms with Gasteiger partial charge in [-0.1, -0.05) is 5.16 Å². The quantitative estimate of drug-likeness (QED) is 0.725. The summed E-state index contributed by atoms with van der Waals surface area (Å²) in [6.45, 7) is 1.91. The molecule has 2 rings (SSSR count). The molecule has 1 saturated carbocycles. The van der Waals surface area contributed by atoms with Gasteiger partial charge in [-0.05, 0) is 26.2 Å². The Kier molecular flexibility index (Phi) is 2.28. The average Bonchev–Trinajstić information content (AvgIpc) is 2.47. The lowest BCUT2D eigenvalue weighted by molar-refractivity contribution is 0.229. The van der Waals surface area contributed by atoms with Crippen LogP contribution < -0.4 is 11.5 Å². The van der Waals surface area contributed by atoms with Crippen LogP contribution in [0.2, 0.25) is 0 Å². The van der Waals surface area contributed by atoms with Crippen molar-refractivity contribution in [3.05, 3.63) is 11.7 Å². The molecular formula is C9H16N4O. The zero-order valence-electron chi connectivity index (χ0n) is 8.36. The van der Waals surface area contributed by atoms with Gasteiger partial charge < -0.3 is 16.0 Å². The van der Waals surface area contributed by atoms with Gasteiger partial charge in [0.1, 0.15) is 0 Å². The molecule has 0 aromatic carbocycles. The van der Waals surface area contributed by atoms with E-state index in [1.807, 2.05) is 6.92 Å². The molecule has 1 atom stereocenters. The Morgan fingerprint density at radius 3 is 2.79 bits per heavy atom. The molecule has 1 aromatic heterocycles. The van der Waals surface area contributed by atoms with E-state index in [0.717, 1.165) is 19.3 Å². The maximum Gasteiger partial charge on any atom is 0.228 e. The van der Waals surface area contributed by atoms with Crippen LogP contribution in [0, 0.1) is 0 Å². The monoisotopic (exact) mass is 196 g/mol. The molecule has 4 N–H and O–H groups in total. The highest BCUT2D eigenvalue weighted by atomic mass is 16.5. The van der Waals surface area contributed by atoms with Crippen LogP contribution in [-0.4, -0.2) is 16.2 Å². The van der Waals surface area contributed by atoms with Crippen molar-refractivity contribution in [2.24, 2.45) is 11.5 Å². The molecule has 1 heterocycles. The van der Waals surface area contributed by atoms with Crippen LogP contribution in [0.25, 0.3) is 0 Å². The van der Waals surface area contributed by atoms with E-state index in [4.69, 9.17) is 16.0 Å². The summed E-state index contributed by atoms with van der Waals surface area (Å²) in [6, 6.07) is 0.0402. The minimum atomic E-state index is -0.334. The van der Waals surface area contributed by atoms with Crippen molar-refractivity contribution in [2.75, 3.05) is 0 Å². The molecule has 0 saturated heterocycles. The van der Waals surface area contributed by atoms with Gasteiger partial charge in [0.25, 0.3) is 0 Å². The fraction of sp³-hybridized carbons (Fsp3) is 0.778. The first-order valence-electron chi connectivity index (χ1n) is 4.98. The van der Waals surface area contributed by atoms with Gasteiger partial charge in [-0.15, -0.1) is 0 Å². The number of hydrogen-bond donors (Lipinski definition) is 2. The molecule has 0 radical (unpaired) electrons. The minimum Gasteiger partial charge on any atom is -0.339 e. The van der Waals surface area contributed by atoms with Crippen LogP contribution in [0.3, 0.4) is 0 Å². The number of aromatic nitrogens is 2. The molecule has 1 aromatic rings. The summed E-state index contributed by atoms with van der Waals surface area (Å²) < 4.78 is 5.08. The van der Waals surface area contributed by atoms with Crippen molar-refractivity contribution >= 4 is 0 Å². The highest BCUT2D eigenvalue weighted by molar-refractivity contribution is 5.08. The third-order valence-corrected chi connectivity index (χ3v) is 2.66. The number of hydrogen-bond acceptors (Lipinski definition) is 5. The highest BCUT2D eigenvalue weighted by Crippen LogP contribution is 2.36. The molecule has 14 heavy (non-hydrogen) atoms. The summed E-state index contributed by atoms with van der Waals surface area (Å²) in [4.78, 5) is 4.26. The van der Waals surface area contributed by atoms with Crippen LogP contribution in [0.15, 0.2) is 4.52 Å². The highest BCUT2D eigenvalue weighted by Gasteiger charge is 2.38. The van der Waals surface area contributed by atoms with Gasteiger partial charge in [-0.2, -0.15) is 4.98 Å².